The van der Waals surface area contributed by atoms with Crippen LogP contribution in [0.5, 0.6) is 0 Å². The molecular weight excluding hydrogens is 260 g/mol. The van der Waals surface area contributed by atoms with Crippen molar-refractivity contribution in [1.82, 2.24) is 5.43 Å². The second-order valence-corrected chi connectivity index (χ2v) is 5.13. The van der Waals surface area contributed by atoms with E-state index in [-0.39, 0.29) is 5.76 Å². The molecule has 100 valence electrons. The van der Waals surface area contributed by atoms with Crippen molar-refractivity contribution in [3.05, 3.63) is 59.0 Å². The van der Waals surface area contributed by atoms with Crippen molar-refractivity contribution in [2.75, 3.05) is 0 Å². The van der Waals surface area contributed by atoms with E-state index >= 15 is 0 Å². The summed E-state index contributed by atoms with van der Waals surface area (Å²) in [5.41, 5.74) is 4.38. The number of hydrazine groups is 1. The van der Waals surface area contributed by atoms with Crippen LogP contribution in [0.4, 0.5) is 0 Å². The molecule has 1 aromatic heterocycles. The number of furan rings is 1. The fourth-order valence-electron chi connectivity index (χ4n) is 1.70. The minimum atomic E-state index is -0.401. The number of hydrogen-bond donors (Lipinski definition) is 2. The monoisotopic (exact) mass is 276 g/mol. The highest BCUT2D eigenvalue weighted by Crippen LogP contribution is 2.22. The average molecular weight is 276 g/mol. The van der Waals surface area contributed by atoms with Crippen LogP contribution in [0.3, 0.4) is 0 Å². The number of nitrogens with two attached hydrogens (primary N) is 1. The zero-order valence-electron chi connectivity index (χ0n) is 10.7. The maximum absolute atomic E-state index is 11.3. The van der Waals surface area contributed by atoms with Crippen LogP contribution >= 0.6 is 11.8 Å². The van der Waals surface area contributed by atoms with E-state index in [1.807, 2.05) is 25.1 Å². The summed E-state index contributed by atoms with van der Waals surface area (Å²) < 4.78 is 5.36. The van der Waals surface area contributed by atoms with E-state index < -0.39 is 5.91 Å². The van der Waals surface area contributed by atoms with Crippen molar-refractivity contribution in [3.8, 4) is 0 Å². The number of amides is 1. The van der Waals surface area contributed by atoms with Gasteiger partial charge in [0.05, 0.1) is 0 Å². The largest absolute Gasteiger partial charge is 0.456 e. The Bertz CT molecular complexity index is 552. The zero-order chi connectivity index (χ0) is 13.7. The van der Waals surface area contributed by atoms with E-state index in [1.54, 1.807) is 17.8 Å². The molecule has 4 nitrogen and oxygen atoms in total. The molecule has 1 amide bonds. The van der Waals surface area contributed by atoms with Gasteiger partial charge in [-0.05, 0) is 18.6 Å². The van der Waals surface area contributed by atoms with Crippen molar-refractivity contribution < 1.29 is 9.21 Å². The molecule has 0 unspecified atom stereocenters. The lowest BCUT2D eigenvalue weighted by molar-refractivity contribution is 0.0924. The Kier molecular flexibility index (Phi) is 4.65. The molecule has 1 heterocycles. The second-order valence-electron chi connectivity index (χ2n) is 4.14. The summed E-state index contributed by atoms with van der Waals surface area (Å²) >= 11 is 1.78. The summed E-state index contributed by atoms with van der Waals surface area (Å²) in [5, 5.41) is 0. The number of benzene rings is 1. The lowest BCUT2D eigenvalue weighted by Crippen LogP contribution is -2.29. The SMILES string of the molecule is Cc1oc(C(=O)NN)cc1CSCc1ccccc1. The second kappa shape index (κ2) is 6.45. The van der Waals surface area contributed by atoms with Gasteiger partial charge in [-0.25, -0.2) is 5.84 Å². The number of carbonyl (C=O) groups is 1. The number of nitrogen functional groups attached to an aromatic ring is 1. The molecule has 0 aliphatic rings. The van der Waals surface area contributed by atoms with E-state index in [2.05, 4.69) is 17.6 Å². The molecule has 2 aromatic rings. The lowest BCUT2D eigenvalue weighted by Gasteiger charge is -2.00. The van der Waals surface area contributed by atoms with Gasteiger partial charge in [0.2, 0.25) is 0 Å². The molecule has 0 fully saturated rings. The predicted octanol–water partition coefficient (Wildman–Crippen LogP) is 2.62. The Morgan fingerprint density at radius 2 is 2.05 bits per heavy atom. The van der Waals surface area contributed by atoms with E-state index in [4.69, 9.17) is 10.3 Å². The molecule has 0 radical (unpaired) electrons. The van der Waals surface area contributed by atoms with Gasteiger partial charge < -0.3 is 4.42 Å². The molecule has 3 N–H and O–H groups in total. The molecule has 19 heavy (non-hydrogen) atoms. The van der Waals surface area contributed by atoms with Crippen LogP contribution in [0.15, 0.2) is 40.8 Å². The van der Waals surface area contributed by atoms with Crippen molar-refractivity contribution in [1.29, 1.82) is 0 Å². The summed E-state index contributed by atoms with van der Waals surface area (Å²) in [6, 6.07) is 12.0. The number of aryl methyl sites for hydroxylation is 1. The van der Waals surface area contributed by atoms with Gasteiger partial charge in [0.15, 0.2) is 5.76 Å². The maximum Gasteiger partial charge on any atom is 0.300 e. The van der Waals surface area contributed by atoms with Crippen LogP contribution < -0.4 is 11.3 Å². The van der Waals surface area contributed by atoms with E-state index in [0.29, 0.717) is 0 Å². The molecular formula is C14H16N2O2S. The number of nitrogens with one attached hydrogen (secondary N) is 1. The molecule has 0 saturated carbocycles. The summed E-state index contributed by atoms with van der Waals surface area (Å²) in [5.74, 6) is 7.44. The van der Waals surface area contributed by atoms with Crippen LogP contribution in [0.2, 0.25) is 0 Å². The van der Waals surface area contributed by atoms with Crippen molar-refractivity contribution >= 4 is 17.7 Å². The summed E-state index contributed by atoms with van der Waals surface area (Å²) in [7, 11) is 0. The topological polar surface area (TPSA) is 68.3 Å². The highest BCUT2D eigenvalue weighted by atomic mass is 32.2. The summed E-state index contributed by atoms with van der Waals surface area (Å²) in [6.07, 6.45) is 0. The predicted molar refractivity (Wildman–Crippen MR) is 76.5 cm³/mol. The third kappa shape index (κ3) is 3.62. The molecule has 1 aromatic carbocycles. The first kappa shape index (κ1) is 13.7. The normalized spacial score (nSPS) is 10.4. The van der Waals surface area contributed by atoms with Crippen LogP contribution in [0, 0.1) is 6.92 Å². The molecule has 2 rings (SSSR count). The smallest absolute Gasteiger partial charge is 0.300 e. The fourth-order valence-corrected chi connectivity index (χ4v) is 2.74. The highest BCUT2D eigenvalue weighted by molar-refractivity contribution is 7.97. The maximum atomic E-state index is 11.3. The van der Waals surface area contributed by atoms with E-state index in [0.717, 1.165) is 22.8 Å². The Morgan fingerprint density at radius 1 is 1.32 bits per heavy atom. The van der Waals surface area contributed by atoms with E-state index in [1.165, 1.54) is 5.56 Å². The van der Waals surface area contributed by atoms with Crippen molar-refractivity contribution in [3.63, 3.8) is 0 Å². The summed E-state index contributed by atoms with van der Waals surface area (Å²) in [6.45, 7) is 1.85. The summed E-state index contributed by atoms with van der Waals surface area (Å²) in [4.78, 5) is 11.3. The molecule has 0 spiro atoms. The first-order chi connectivity index (χ1) is 9.20. The molecule has 5 heteroatoms. The molecule has 0 aliphatic carbocycles. The molecule has 0 bridgehead atoms. The Hall–Kier alpha value is -1.72. The van der Waals surface area contributed by atoms with Gasteiger partial charge >= 0.3 is 5.91 Å². The number of carbonyl (C=O) groups excluding carboxylic acids is 1. The number of rotatable bonds is 5. The Balaban J connectivity index is 1.93. The van der Waals surface area contributed by atoms with Gasteiger partial charge in [-0.1, -0.05) is 30.3 Å². The van der Waals surface area contributed by atoms with Gasteiger partial charge in [-0.15, -0.1) is 0 Å². The molecule has 0 saturated heterocycles. The standard InChI is InChI=1S/C14H16N2O2S/c1-10-12(7-13(18-10)14(17)16-15)9-19-8-11-5-3-2-4-6-11/h2-7H,8-9,15H2,1H3,(H,16,17). The lowest BCUT2D eigenvalue weighted by atomic mass is 10.2. The van der Waals surface area contributed by atoms with Gasteiger partial charge in [-0.3, -0.25) is 10.2 Å². The van der Waals surface area contributed by atoms with Gasteiger partial charge in [0.25, 0.3) is 0 Å². The third-order valence-electron chi connectivity index (χ3n) is 2.74. The Labute approximate surface area is 116 Å². The van der Waals surface area contributed by atoms with Crippen molar-refractivity contribution in [2.24, 2.45) is 5.84 Å². The third-order valence-corrected chi connectivity index (χ3v) is 3.80. The van der Waals surface area contributed by atoms with Crippen LogP contribution in [-0.2, 0) is 11.5 Å². The average Bonchev–Trinajstić information content (AvgIpc) is 2.81. The van der Waals surface area contributed by atoms with Crippen LogP contribution in [-0.4, -0.2) is 5.91 Å². The van der Waals surface area contributed by atoms with Gasteiger partial charge in [0.1, 0.15) is 5.76 Å². The number of hydrogen-bond acceptors (Lipinski definition) is 4. The Morgan fingerprint density at radius 3 is 2.74 bits per heavy atom. The van der Waals surface area contributed by atoms with Gasteiger partial charge in [-0.2, -0.15) is 11.8 Å². The zero-order valence-corrected chi connectivity index (χ0v) is 11.5. The first-order valence-electron chi connectivity index (χ1n) is 5.92. The van der Waals surface area contributed by atoms with Crippen LogP contribution in [0.1, 0.15) is 27.4 Å². The molecule has 0 atom stereocenters. The quantitative estimate of drug-likeness (QED) is 0.500. The number of thioether (sulfide) groups is 1. The van der Waals surface area contributed by atoms with Crippen molar-refractivity contribution in [2.45, 2.75) is 18.4 Å². The van der Waals surface area contributed by atoms with Gasteiger partial charge in [0, 0.05) is 17.1 Å². The highest BCUT2D eigenvalue weighted by Gasteiger charge is 2.13. The van der Waals surface area contributed by atoms with E-state index in [9.17, 15) is 4.79 Å². The first-order valence-corrected chi connectivity index (χ1v) is 7.08. The minimum absolute atomic E-state index is 0.260. The van der Waals surface area contributed by atoms with Crippen LogP contribution in [0.25, 0.3) is 0 Å². The molecule has 0 aliphatic heterocycles. The fraction of sp³-hybridized carbons (Fsp3) is 0.214. The minimum Gasteiger partial charge on any atom is -0.456 e.